The molecule has 2 aromatic heterocycles. The molecule has 0 fully saturated rings. The number of aryl methyl sites for hydroxylation is 1. The summed E-state index contributed by atoms with van der Waals surface area (Å²) in [7, 11) is 0. The van der Waals surface area contributed by atoms with Crippen molar-refractivity contribution in [3.8, 4) is 10.7 Å². The highest BCUT2D eigenvalue weighted by Crippen LogP contribution is 2.27. The highest BCUT2D eigenvalue weighted by molar-refractivity contribution is 7.15. The molecule has 2 heterocycles. The molecule has 1 unspecified atom stereocenters. The van der Waals surface area contributed by atoms with Crippen LogP contribution in [0.2, 0.25) is 0 Å². The summed E-state index contributed by atoms with van der Waals surface area (Å²) in [6, 6.07) is 0.0498. The molecule has 0 bridgehead atoms. The number of hydrogen-bond donors (Lipinski definition) is 1. The average Bonchev–Trinajstić information content (AvgIpc) is 2.84. The molecular weight excluding hydrogens is 220 g/mol. The summed E-state index contributed by atoms with van der Waals surface area (Å²) in [5.41, 5.74) is 6.91. The van der Waals surface area contributed by atoms with E-state index in [0.717, 1.165) is 28.5 Å². The van der Waals surface area contributed by atoms with Crippen molar-refractivity contribution in [2.24, 2.45) is 5.73 Å². The van der Waals surface area contributed by atoms with Crippen LogP contribution in [0.5, 0.6) is 0 Å². The molecule has 0 saturated carbocycles. The van der Waals surface area contributed by atoms with E-state index in [1.807, 2.05) is 25.6 Å². The van der Waals surface area contributed by atoms with Crippen LogP contribution in [0.15, 0.2) is 18.7 Å². The first-order chi connectivity index (χ1) is 7.72. The fraction of sp³-hybridized carbons (Fsp3) is 0.455. The molecule has 0 amide bonds. The molecule has 5 heteroatoms. The summed E-state index contributed by atoms with van der Waals surface area (Å²) in [4.78, 5) is 9.68. The number of nitrogens with two attached hydrogens (primary N) is 1. The van der Waals surface area contributed by atoms with E-state index in [4.69, 9.17) is 5.73 Å². The Balaban J connectivity index is 2.31. The molecule has 86 valence electrons. The molecule has 2 rings (SSSR count). The molecule has 16 heavy (non-hydrogen) atoms. The molecule has 0 radical (unpaired) electrons. The lowest BCUT2D eigenvalue weighted by atomic mass is 10.3. The van der Waals surface area contributed by atoms with Crippen LogP contribution in [0, 0.1) is 0 Å². The summed E-state index contributed by atoms with van der Waals surface area (Å²) in [6.07, 6.45) is 6.66. The van der Waals surface area contributed by atoms with E-state index >= 15 is 0 Å². The van der Waals surface area contributed by atoms with E-state index in [-0.39, 0.29) is 6.04 Å². The van der Waals surface area contributed by atoms with E-state index in [1.165, 1.54) is 0 Å². The zero-order valence-electron chi connectivity index (χ0n) is 9.55. The first-order valence-corrected chi connectivity index (χ1v) is 6.25. The highest BCUT2D eigenvalue weighted by atomic mass is 32.1. The largest absolute Gasteiger partial charge is 0.329 e. The van der Waals surface area contributed by atoms with Gasteiger partial charge in [0, 0.05) is 23.7 Å². The van der Waals surface area contributed by atoms with Crippen LogP contribution in [0.3, 0.4) is 0 Å². The second-order valence-electron chi connectivity index (χ2n) is 3.83. The van der Waals surface area contributed by atoms with Crippen LogP contribution < -0.4 is 5.73 Å². The molecule has 0 aliphatic heterocycles. The maximum atomic E-state index is 5.83. The topological polar surface area (TPSA) is 56.7 Å². The van der Waals surface area contributed by atoms with Gasteiger partial charge in [-0.2, -0.15) is 0 Å². The second-order valence-corrected chi connectivity index (χ2v) is 4.89. The van der Waals surface area contributed by atoms with Gasteiger partial charge in [-0.1, -0.05) is 6.92 Å². The predicted molar refractivity (Wildman–Crippen MR) is 66.2 cm³/mol. The van der Waals surface area contributed by atoms with Crippen molar-refractivity contribution in [2.45, 2.75) is 32.9 Å². The molecule has 0 spiro atoms. The number of thiazole rings is 1. The van der Waals surface area contributed by atoms with Gasteiger partial charge in [0.05, 0.1) is 18.2 Å². The third-order valence-corrected chi connectivity index (χ3v) is 3.59. The van der Waals surface area contributed by atoms with E-state index < -0.39 is 0 Å². The monoisotopic (exact) mass is 236 g/mol. The summed E-state index contributed by atoms with van der Waals surface area (Å²) >= 11 is 1.64. The third kappa shape index (κ3) is 2.15. The van der Waals surface area contributed by atoms with Crippen LogP contribution in [-0.2, 0) is 6.54 Å². The van der Waals surface area contributed by atoms with Crippen LogP contribution in [0.25, 0.3) is 10.7 Å². The van der Waals surface area contributed by atoms with Crippen LogP contribution in [-0.4, -0.2) is 14.5 Å². The number of rotatable bonds is 4. The van der Waals surface area contributed by atoms with Crippen molar-refractivity contribution < 1.29 is 0 Å². The zero-order valence-corrected chi connectivity index (χ0v) is 10.4. The summed E-state index contributed by atoms with van der Waals surface area (Å²) in [5, 5.41) is 0.998. The molecule has 0 saturated heterocycles. The normalized spacial score (nSPS) is 12.9. The van der Waals surface area contributed by atoms with Gasteiger partial charge >= 0.3 is 0 Å². The van der Waals surface area contributed by atoms with Gasteiger partial charge in [0.1, 0.15) is 5.01 Å². The Bertz CT molecular complexity index is 458. The Hall–Kier alpha value is -1.20. The van der Waals surface area contributed by atoms with E-state index in [9.17, 15) is 0 Å². The van der Waals surface area contributed by atoms with Gasteiger partial charge in [0.25, 0.3) is 0 Å². The number of nitrogens with zero attached hydrogens (tertiary/aromatic N) is 3. The standard InChI is InChI=1S/C11H16N4S/c1-3-4-15-7-13-5-9(15)11-14-6-10(16-11)8(2)12/h5-8H,3-4,12H2,1-2H3. The average molecular weight is 236 g/mol. The van der Waals surface area contributed by atoms with Gasteiger partial charge in [-0.3, -0.25) is 0 Å². The van der Waals surface area contributed by atoms with Crippen LogP contribution in [0.1, 0.15) is 31.2 Å². The lowest BCUT2D eigenvalue weighted by molar-refractivity contribution is 0.684. The lowest BCUT2D eigenvalue weighted by Crippen LogP contribution is -2.01. The Kier molecular flexibility index (Phi) is 3.36. The van der Waals surface area contributed by atoms with Crippen molar-refractivity contribution in [2.75, 3.05) is 0 Å². The SMILES string of the molecule is CCCn1cncc1-c1ncc(C(C)N)s1. The minimum atomic E-state index is 0.0498. The smallest absolute Gasteiger partial charge is 0.141 e. The molecule has 0 aliphatic rings. The Morgan fingerprint density at radius 3 is 2.94 bits per heavy atom. The maximum Gasteiger partial charge on any atom is 0.141 e. The van der Waals surface area contributed by atoms with Crippen molar-refractivity contribution >= 4 is 11.3 Å². The summed E-state index contributed by atoms with van der Waals surface area (Å²) in [6.45, 7) is 5.10. The molecule has 2 N–H and O–H groups in total. The Morgan fingerprint density at radius 1 is 1.50 bits per heavy atom. The maximum absolute atomic E-state index is 5.83. The van der Waals surface area contributed by atoms with E-state index in [0.29, 0.717) is 0 Å². The third-order valence-electron chi connectivity index (χ3n) is 2.37. The summed E-state index contributed by atoms with van der Waals surface area (Å²) in [5.74, 6) is 0. The van der Waals surface area contributed by atoms with E-state index in [1.54, 1.807) is 11.3 Å². The van der Waals surface area contributed by atoms with Crippen LogP contribution >= 0.6 is 11.3 Å². The zero-order chi connectivity index (χ0) is 11.5. The minimum Gasteiger partial charge on any atom is -0.329 e. The van der Waals surface area contributed by atoms with Gasteiger partial charge in [-0.05, 0) is 13.3 Å². The molecule has 4 nitrogen and oxygen atoms in total. The first-order valence-electron chi connectivity index (χ1n) is 5.44. The number of aromatic nitrogens is 3. The predicted octanol–water partition coefficient (Wildman–Crippen LogP) is 2.44. The van der Waals surface area contributed by atoms with Gasteiger partial charge in [0.2, 0.25) is 0 Å². The molecule has 0 aliphatic carbocycles. The van der Waals surface area contributed by atoms with Crippen molar-refractivity contribution in [3.05, 3.63) is 23.6 Å². The van der Waals surface area contributed by atoms with Gasteiger partial charge < -0.3 is 10.3 Å². The quantitative estimate of drug-likeness (QED) is 0.887. The fourth-order valence-corrected chi connectivity index (χ4v) is 2.43. The number of imidazole rings is 1. The van der Waals surface area contributed by atoms with Crippen molar-refractivity contribution in [1.29, 1.82) is 0 Å². The molecule has 0 aromatic carbocycles. The van der Waals surface area contributed by atoms with Gasteiger partial charge in [-0.15, -0.1) is 11.3 Å². The van der Waals surface area contributed by atoms with Gasteiger partial charge in [0.15, 0.2) is 0 Å². The van der Waals surface area contributed by atoms with Crippen molar-refractivity contribution in [1.82, 2.24) is 14.5 Å². The number of hydrogen-bond acceptors (Lipinski definition) is 4. The van der Waals surface area contributed by atoms with Crippen LogP contribution in [0.4, 0.5) is 0 Å². The second kappa shape index (κ2) is 4.76. The fourth-order valence-electron chi connectivity index (χ4n) is 1.53. The Labute approximate surface area is 99.2 Å². The minimum absolute atomic E-state index is 0.0498. The lowest BCUT2D eigenvalue weighted by Gasteiger charge is -2.03. The highest BCUT2D eigenvalue weighted by Gasteiger charge is 2.11. The molecule has 2 aromatic rings. The molecule has 1 atom stereocenters. The van der Waals surface area contributed by atoms with E-state index in [2.05, 4.69) is 21.5 Å². The summed E-state index contributed by atoms with van der Waals surface area (Å²) < 4.78 is 2.13. The molecular formula is C11H16N4S. The first kappa shape index (κ1) is 11.3. The van der Waals surface area contributed by atoms with Crippen molar-refractivity contribution in [3.63, 3.8) is 0 Å². The Morgan fingerprint density at radius 2 is 2.31 bits per heavy atom. The van der Waals surface area contributed by atoms with Gasteiger partial charge in [-0.25, -0.2) is 9.97 Å².